The van der Waals surface area contributed by atoms with Crippen molar-refractivity contribution in [3.8, 4) is 0 Å². The highest BCUT2D eigenvalue weighted by molar-refractivity contribution is 14.0. The molecule has 1 fully saturated rings. The molecule has 1 aliphatic rings. The molecule has 1 saturated heterocycles. The first kappa shape index (κ1) is 17.6. The normalized spacial score (nSPS) is 18.8. The van der Waals surface area contributed by atoms with Gasteiger partial charge in [-0.3, -0.25) is 4.99 Å². The van der Waals surface area contributed by atoms with Crippen LogP contribution in [0, 0.1) is 12.8 Å². The third-order valence-electron chi connectivity index (χ3n) is 3.20. The molecular formula is C13H23IN4OS. The van der Waals surface area contributed by atoms with Crippen LogP contribution in [0.15, 0.2) is 11.2 Å². The van der Waals surface area contributed by atoms with Crippen molar-refractivity contribution in [3.05, 3.63) is 16.1 Å². The number of ether oxygens (including phenoxy) is 1. The molecule has 1 N–H and O–H groups in total. The number of hydrogen-bond acceptors (Lipinski definition) is 4. The number of aromatic nitrogens is 1. The first-order valence-electron chi connectivity index (χ1n) is 6.60. The van der Waals surface area contributed by atoms with Crippen molar-refractivity contribution in [2.45, 2.75) is 19.9 Å². The zero-order valence-corrected chi connectivity index (χ0v) is 15.4. The van der Waals surface area contributed by atoms with Gasteiger partial charge in [0.25, 0.3) is 0 Å². The molecule has 1 aliphatic heterocycles. The number of nitrogens with one attached hydrogen (secondary N) is 1. The van der Waals surface area contributed by atoms with Crippen molar-refractivity contribution in [1.82, 2.24) is 15.2 Å². The molecule has 1 aromatic rings. The molecule has 1 atom stereocenters. The fraction of sp³-hybridized carbons (Fsp3) is 0.692. The van der Waals surface area contributed by atoms with E-state index in [9.17, 15) is 0 Å². The predicted octanol–water partition coefficient (Wildman–Crippen LogP) is 2.11. The zero-order chi connectivity index (χ0) is 13.7. The first-order valence-corrected chi connectivity index (χ1v) is 7.41. The molecule has 0 spiro atoms. The minimum atomic E-state index is 0. The van der Waals surface area contributed by atoms with E-state index in [1.165, 1.54) is 4.88 Å². The molecule has 5 nitrogen and oxygen atoms in total. The van der Waals surface area contributed by atoms with Gasteiger partial charge in [-0.25, -0.2) is 4.98 Å². The maximum atomic E-state index is 5.41. The van der Waals surface area contributed by atoms with Crippen molar-refractivity contribution in [2.75, 3.05) is 33.9 Å². The van der Waals surface area contributed by atoms with E-state index < -0.39 is 0 Å². The zero-order valence-electron chi connectivity index (χ0n) is 12.3. The van der Waals surface area contributed by atoms with Crippen LogP contribution < -0.4 is 5.32 Å². The van der Waals surface area contributed by atoms with Crippen LogP contribution in [0.4, 0.5) is 0 Å². The monoisotopic (exact) mass is 410 g/mol. The van der Waals surface area contributed by atoms with E-state index in [1.807, 2.05) is 13.2 Å². The lowest BCUT2D eigenvalue weighted by Crippen LogP contribution is -2.41. The summed E-state index contributed by atoms with van der Waals surface area (Å²) in [6.07, 6.45) is 3.05. The number of guanidine groups is 1. The first-order chi connectivity index (χ1) is 9.19. The van der Waals surface area contributed by atoms with Gasteiger partial charge in [0.15, 0.2) is 5.96 Å². The van der Waals surface area contributed by atoms with E-state index in [1.54, 1.807) is 11.3 Å². The summed E-state index contributed by atoms with van der Waals surface area (Å²) in [5.74, 6) is 1.53. The van der Waals surface area contributed by atoms with Crippen LogP contribution in [0.5, 0.6) is 0 Å². The maximum Gasteiger partial charge on any atom is 0.193 e. The number of nitrogens with zero attached hydrogens (tertiary/aromatic N) is 3. The molecule has 0 bridgehead atoms. The van der Waals surface area contributed by atoms with Gasteiger partial charge in [-0.05, 0) is 13.3 Å². The van der Waals surface area contributed by atoms with Gasteiger partial charge in [-0.15, -0.1) is 35.3 Å². The molecule has 0 radical (unpaired) electrons. The van der Waals surface area contributed by atoms with Crippen molar-refractivity contribution in [1.29, 1.82) is 0 Å². The molecule has 1 unspecified atom stereocenters. The number of hydrogen-bond donors (Lipinski definition) is 1. The van der Waals surface area contributed by atoms with E-state index in [2.05, 4.69) is 34.2 Å². The summed E-state index contributed by atoms with van der Waals surface area (Å²) in [7, 11) is 3.89. The van der Waals surface area contributed by atoms with Gasteiger partial charge in [-0.1, -0.05) is 0 Å². The van der Waals surface area contributed by atoms with Crippen molar-refractivity contribution in [2.24, 2.45) is 10.9 Å². The molecule has 20 heavy (non-hydrogen) atoms. The smallest absolute Gasteiger partial charge is 0.193 e. The molecule has 0 saturated carbocycles. The van der Waals surface area contributed by atoms with E-state index in [4.69, 9.17) is 4.74 Å². The summed E-state index contributed by atoms with van der Waals surface area (Å²) in [5.41, 5.74) is 0. The second-order valence-corrected chi connectivity index (χ2v) is 6.19. The minimum absolute atomic E-state index is 0. The highest BCUT2D eigenvalue weighted by Crippen LogP contribution is 2.14. The Morgan fingerprint density at radius 3 is 3.00 bits per heavy atom. The molecule has 2 rings (SSSR count). The van der Waals surface area contributed by atoms with Crippen LogP contribution in [0.25, 0.3) is 0 Å². The standard InChI is InChI=1S/C13H22N4OS.HI/c1-10-6-15-12(19-10)7-16-13(14-2)17(3)8-11-4-5-18-9-11;/h6,11H,4-5,7-9H2,1-3H3,(H,14,16);1H. The molecule has 0 amide bonds. The van der Waals surface area contributed by atoms with E-state index in [-0.39, 0.29) is 24.0 Å². The molecular weight excluding hydrogens is 387 g/mol. The summed E-state index contributed by atoms with van der Waals surface area (Å²) >= 11 is 1.72. The number of aliphatic imine (C=N–C) groups is 1. The van der Waals surface area contributed by atoms with Gasteiger partial charge in [0.1, 0.15) is 5.01 Å². The third kappa shape index (κ3) is 5.17. The van der Waals surface area contributed by atoms with Gasteiger partial charge >= 0.3 is 0 Å². The largest absolute Gasteiger partial charge is 0.381 e. The Morgan fingerprint density at radius 2 is 2.45 bits per heavy atom. The van der Waals surface area contributed by atoms with Crippen molar-refractivity contribution < 1.29 is 4.74 Å². The third-order valence-corrected chi connectivity index (χ3v) is 4.11. The summed E-state index contributed by atoms with van der Waals surface area (Å²) in [6.45, 7) is 5.55. The van der Waals surface area contributed by atoms with Crippen molar-refractivity contribution >= 4 is 41.3 Å². The van der Waals surface area contributed by atoms with Crippen LogP contribution in [-0.2, 0) is 11.3 Å². The number of halogens is 1. The fourth-order valence-corrected chi connectivity index (χ4v) is 2.95. The number of thiazole rings is 1. The van der Waals surface area contributed by atoms with Gasteiger partial charge in [0.05, 0.1) is 13.2 Å². The van der Waals surface area contributed by atoms with Gasteiger partial charge < -0.3 is 15.0 Å². The Labute approximate surface area is 141 Å². The van der Waals surface area contributed by atoms with E-state index >= 15 is 0 Å². The van der Waals surface area contributed by atoms with E-state index in [0.29, 0.717) is 5.92 Å². The van der Waals surface area contributed by atoms with Gasteiger partial charge in [-0.2, -0.15) is 0 Å². The van der Waals surface area contributed by atoms with Crippen LogP contribution in [0.2, 0.25) is 0 Å². The lowest BCUT2D eigenvalue weighted by molar-refractivity contribution is 0.181. The van der Waals surface area contributed by atoms with Gasteiger partial charge in [0.2, 0.25) is 0 Å². The average molecular weight is 410 g/mol. The SMILES string of the molecule is CN=C(NCc1ncc(C)s1)N(C)CC1CCOC1.I. The lowest BCUT2D eigenvalue weighted by atomic mass is 10.1. The van der Waals surface area contributed by atoms with Crippen LogP contribution in [0.1, 0.15) is 16.3 Å². The number of aryl methyl sites for hydroxylation is 1. The topological polar surface area (TPSA) is 49.8 Å². The Hall–Kier alpha value is -0.410. The lowest BCUT2D eigenvalue weighted by Gasteiger charge is -2.24. The summed E-state index contributed by atoms with van der Waals surface area (Å²) < 4.78 is 5.41. The minimum Gasteiger partial charge on any atom is -0.381 e. The van der Waals surface area contributed by atoms with Crippen LogP contribution >= 0.6 is 35.3 Å². The Bertz CT molecular complexity index is 432. The van der Waals surface area contributed by atoms with Crippen LogP contribution in [-0.4, -0.2) is 49.7 Å². The van der Waals surface area contributed by atoms with Crippen molar-refractivity contribution in [3.63, 3.8) is 0 Å². The highest BCUT2D eigenvalue weighted by Gasteiger charge is 2.19. The average Bonchev–Trinajstić information content (AvgIpc) is 3.02. The summed E-state index contributed by atoms with van der Waals surface area (Å²) in [6, 6.07) is 0. The molecule has 7 heteroatoms. The molecule has 0 aliphatic carbocycles. The summed E-state index contributed by atoms with van der Waals surface area (Å²) in [4.78, 5) is 12.1. The Kier molecular flexibility index (Phi) is 7.75. The number of rotatable bonds is 4. The predicted molar refractivity (Wildman–Crippen MR) is 94.0 cm³/mol. The summed E-state index contributed by atoms with van der Waals surface area (Å²) in [5, 5.41) is 4.45. The van der Waals surface area contributed by atoms with E-state index in [0.717, 1.165) is 43.7 Å². The highest BCUT2D eigenvalue weighted by atomic mass is 127. The fourth-order valence-electron chi connectivity index (χ4n) is 2.22. The molecule has 114 valence electrons. The van der Waals surface area contributed by atoms with Gasteiger partial charge in [0, 0.05) is 44.2 Å². The maximum absolute atomic E-state index is 5.41. The molecule has 0 aromatic carbocycles. The quantitative estimate of drug-likeness (QED) is 0.470. The molecule has 2 heterocycles. The second kappa shape index (κ2) is 8.78. The van der Waals surface area contributed by atoms with Crippen LogP contribution in [0.3, 0.4) is 0 Å². The second-order valence-electron chi connectivity index (χ2n) is 4.88. The Morgan fingerprint density at radius 1 is 1.65 bits per heavy atom. The molecule has 1 aromatic heterocycles. The Balaban J connectivity index is 0.00000200.